The minimum absolute atomic E-state index is 0.0440. The lowest BCUT2D eigenvalue weighted by atomic mass is 10.4. The minimum atomic E-state index is 0.0440. The van der Waals surface area contributed by atoms with Crippen LogP contribution in [-0.4, -0.2) is 30.3 Å². The van der Waals surface area contributed by atoms with E-state index in [4.69, 9.17) is 0 Å². The van der Waals surface area contributed by atoms with E-state index in [2.05, 4.69) is 20.5 Å². The highest BCUT2D eigenvalue weighted by Gasteiger charge is 2.13. The number of hydrogen-bond acceptors (Lipinski definition) is 5. The lowest BCUT2D eigenvalue weighted by molar-refractivity contribution is 0.463. The molecule has 6 nitrogen and oxygen atoms in total. The average molecular weight is 151 g/mol. The fraction of sp³-hybridized carbons (Fsp3) is 0.200. The van der Waals surface area contributed by atoms with Gasteiger partial charge in [-0.15, -0.1) is 15.3 Å². The molecule has 0 saturated heterocycles. The van der Waals surface area contributed by atoms with E-state index in [1.54, 1.807) is 7.05 Å². The van der Waals surface area contributed by atoms with Crippen LogP contribution in [0.4, 0.5) is 0 Å². The lowest BCUT2D eigenvalue weighted by Gasteiger charge is -1.99. The molecule has 0 saturated carbocycles. The first kappa shape index (κ1) is 6.02. The highest BCUT2D eigenvalue weighted by molar-refractivity contribution is 5.56. The summed E-state index contributed by atoms with van der Waals surface area (Å²) in [6, 6.07) is 0. The second-order valence-corrected chi connectivity index (χ2v) is 2.15. The zero-order valence-electron chi connectivity index (χ0n) is 5.76. The largest absolute Gasteiger partial charge is 0.504 e. The Balaban J connectivity index is 2.79. The molecular formula is C5H5N5O. The van der Waals surface area contributed by atoms with Crippen molar-refractivity contribution in [1.82, 2.24) is 25.2 Å². The SMILES string of the molecule is Cn1cc(O)c2nnnc-2n1. The summed E-state index contributed by atoms with van der Waals surface area (Å²) >= 11 is 0. The van der Waals surface area contributed by atoms with Gasteiger partial charge in [0.05, 0.1) is 6.20 Å². The van der Waals surface area contributed by atoms with Crippen LogP contribution >= 0.6 is 0 Å². The van der Waals surface area contributed by atoms with Crippen LogP contribution in [0.3, 0.4) is 0 Å². The standard InChI is InChI=1S/C5H5N5O/c1-10-2-3(11)4-5(8-10)7-9-6-4/h2,11H,1H3. The van der Waals surface area contributed by atoms with E-state index in [9.17, 15) is 5.11 Å². The number of aromatic nitrogens is 5. The topological polar surface area (TPSA) is 76.7 Å². The molecule has 0 fully saturated rings. The van der Waals surface area contributed by atoms with E-state index in [0.29, 0.717) is 11.5 Å². The van der Waals surface area contributed by atoms with Gasteiger partial charge in [0, 0.05) is 7.05 Å². The zero-order chi connectivity index (χ0) is 7.84. The molecular weight excluding hydrogens is 146 g/mol. The fourth-order valence-electron chi connectivity index (χ4n) is 0.851. The number of rotatable bonds is 0. The summed E-state index contributed by atoms with van der Waals surface area (Å²) in [5.41, 5.74) is 0.336. The number of fused-ring (bicyclic) bond motifs is 1. The van der Waals surface area contributed by atoms with Crippen molar-refractivity contribution in [2.45, 2.75) is 0 Å². The van der Waals surface area contributed by atoms with Crippen molar-refractivity contribution in [3.05, 3.63) is 6.20 Å². The van der Waals surface area contributed by atoms with Crippen LogP contribution in [0.2, 0.25) is 0 Å². The molecule has 11 heavy (non-hydrogen) atoms. The summed E-state index contributed by atoms with van der Waals surface area (Å²) in [7, 11) is 1.69. The van der Waals surface area contributed by atoms with Crippen LogP contribution in [-0.2, 0) is 7.05 Å². The second-order valence-electron chi connectivity index (χ2n) is 2.15. The quantitative estimate of drug-likeness (QED) is 0.544. The normalized spacial score (nSPS) is 10.6. The Hall–Kier alpha value is -1.72. The molecule has 0 atom stereocenters. The number of hydrogen-bond donors (Lipinski definition) is 1. The lowest BCUT2D eigenvalue weighted by Crippen LogP contribution is -1.99. The maximum absolute atomic E-state index is 9.24. The van der Waals surface area contributed by atoms with E-state index in [-0.39, 0.29) is 5.75 Å². The Bertz CT molecular complexity index is 356. The van der Waals surface area contributed by atoms with Crippen LogP contribution in [0, 0.1) is 0 Å². The Kier molecular flexibility index (Phi) is 1.03. The number of nitrogens with zero attached hydrogens (tertiary/aromatic N) is 5. The maximum atomic E-state index is 9.24. The maximum Gasteiger partial charge on any atom is 0.227 e. The number of aromatic hydroxyl groups is 1. The Morgan fingerprint density at radius 1 is 1.45 bits per heavy atom. The summed E-state index contributed by atoms with van der Waals surface area (Å²) in [6.45, 7) is 0. The molecule has 0 amide bonds. The van der Waals surface area contributed by atoms with Crippen LogP contribution in [0.15, 0.2) is 6.20 Å². The Labute approximate surface area is 61.8 Å². The van der Waals surface area contributed by atoms with Crippen LogP contribution in [0.1, 0.15) is 0 Å². The summed E-state index contributed by atoms with van der Waals surface area (Å²) in [5, 5.41) is 23.7. The van der Waals surface area contributed by atoms with Gasteiger partial charge in [0.2, 0.25) is 5.82 Å². The van der Waals surface area contributed by atoms with Crippen molar-refractivity contribution in [2.24, 2.45) is 7.05 Å². The highest BCUT2D eigenvalue weighted by atomic mass is 16.3. The van der Waals surface area contributed by atoms with E-state index in [0.717, 1.165) is 0 Å². The predicted molar refractivity (Wildman–Crippen MR) is 34.9 cm³/mol. The molecule has 2 aliphatic heterocycles. The first-order valence-electron chi connectivity index (χ1n) is 2.99. The summed E-state index contributed by atoms with van der Waals surface area (Å²) in [5.74, 6) is 0.398. The average Bonchev–Trinajstić information content (AvgIpc) is 2.34. The first-order valence-corrected chi connectivity index (χ1v) is 2.99. The van der Waals surface area contributed by atoms with Crippen molar-refractivity contribution >= 4 is 0 Å². The molecule has 0 aromatic heterocycles. The molecule has 0 bridgehead atoms. The third-order valence-corrected chi connectivity index (χ3v) is 1.30. The zero-order valence-corrected chi connectivity index (χ0v) is 5.76. The van der Waals surface area contributed by atoms with Gasteiger partial charge in [0.1, 0.15) is 0 Å². The van der Waals surface area contributed by atoms with Gasteiger partial charge < -0.3 is 5.11 Å². The Morgan fingerprint density at radius 3 is 3.09 bits per heavy atom. The molecule has 0 unspecified atom stereocenters. The molecule has 56 valence electrons. The van der Waals surface area contributed by atoms with Crippen molar-refractivity contribution < 1.29 is 5.11 Å². The molecule has 0 spiro atoms. The molecule has 2 aliphatic rings. The van der Waals surface area contributed by atoms with Gasteiger partial charge >= 0.3 is 0 Å². The molecule has 1 N–H and O–H groups in total. The van der Waals surface area contributed by atoms with Crippen LogP contribution in [0.25, 0.3) is 11.5 Å². The predicted octanol–water partition coefficient (Wildman–Crippen LogP) is -0.585. The van der Waals surface area contributed by atoms with Gasteiger partial charge in [-0.05, 0) is 5.21 Å². The molecule has 2 rings (SSSR count). The number of aryl methyl sites for hydroxylation is 1. The molecule has 0 aromatic carbocycles. The molecule has 6 heteroatoms. The van der Waals surface area contributed by atoms with Crippen molar-refractivity contribution in [3.63, 3.8) is 0 Å². The minimum Gasteiger partial charge on any atom is -0.504 e. The summed E-state index contributed by atoms with van der Waals surface area (Å²) in [4.78, 5) is 0. The van der Waals surface area contributed by atoms with Crippen molar-refractivity contribution in [3.8, 4) is 17.3 Å². The van der Waals surface area contributed by atoms with Gasteiger partial charge in [-0.3, -0.25) is 4.68 Å². The van der Waals surface area contributed by atoms with E-state index < -0.39 is 0 Å². The van der Waals surface area contributed by atoms with E-state index >= 15 is 0 Å². The van der Waals surface area contributed by atoms with Gasteiger partial charge in [-0.25, -0.2) is 0 Å². The summed E-state index contributed by atoms with van der Waals surface area (Å²) in [6.07, 6.45) is 1.44. The molecule has 0 aromatic rings. The van der Waals surface area contributed by atoms with E-state index in [1.807, 2.05) is 0 Å². The van der Waals surface area contributed by atoms with Gasteiger partial charge in [-0.2, -0.15) is 0 Å². The third kappa shape index (κ3) is 0.794. The van der Waals surface area contributed by atoms with E-state index in [1.165, 1.54) is 10.9 Å². The molecule has 0 radical (unpaired) electrons. The van der Waals surface area contributed by atoms with Crippen molar-refractivity contribution in [2.75, 3.05) is 0 Å². The van der Waals surface area contributed by atoms with Gasteiger partial charge in [-0.1, -0.05) is 0 Å². The third-order valence-electron chi connectivity index (χ3n) is 1.30. The highest BCUT2D eigenvalue weighted by Crippen LogP contribution is 2.22. The van der Waals surface area contributed by atoms with Gasteiger partial charge in [0.15, 0.2) is 11.4 Å². The Morgan fingerprint density at radius 2 is 2.27 bits per heavy atom. The van der Waals surface area contributed by atoms with Crippen molar-refractivity contribution in [1.29, 1.82) is 0 Å². The first-order chi connectivity index (χ1) is 5.27. The monoisotopic (exact) mass is 151 g/mol. The van der Waals surface area contributed by atoms with Crippen LogP contribution in [0.5, 0.6) is 5.75 Å². The smallest absolute Gasteiger partial charge is 0.227 e. The van der Waals surface area contributed by atoms with Gasteiger partial charge in [0.25, 0.3) is 0 Å². The molecule has 2 heterocycles. The fourth-order valence-corrected chi connectivity index (χ4v) is 0.851. The molecule has 0 aliphatic carbocycles. The summed E-state index contributed by atoms with van der Waals surface area (Å²) < 4.78 is 1.45. The second kappa shape index (κ2) is 1.88. The van der Waals surface area contributed by atoms with Crippen LogP contribution < -0.4 is 0 Å².